The zero-order chi connectivity index (χ0) is 20.0. The van der Waals surface area contributed by atoms with Gasteiger partial charge in [-0.15, -0.1) is 0 Å². The van der Waals surface area contributed by atoms with E-state index in [1.54, 1.807) is 11.8 Å². The largest absolute Gasteiger partial charge is 0.497 e. The number of methoxy groups -OCH3 is 1. The van der Waals surface area contributed by atoms with Crippen molar-refractivity contribution in [3.8, 4) is 22.8 Å². The molecule has 0 radical (unpaired) electrons. The van der Waals surface area contributed by atoms with Crippen LogP contribution in [0.15, 0.2) is 54.6 Å². The van der Waals surface area contributed by atoms with E-state index in [9.17, 15) is 4.79 Å². The van der Waals surface area contributed by atoms with E-state index in [-0.39, 0.29) is 24.3 Å². The van der Waals surface area contributed by atoms with Gasteiger partial charge in [0.25, 0.3) is 0 Å². The lowest BCUT2D eigenvalue weighted by Crippen LogP contribution is -2.37. The van der Waals surface area contributed by atoms with Crippen LogP contribution < -0.4 is 4.74 Å². The first-order chi connectivity index (χ1) is 14.2. The van der Waals surface area contributed by atoms with Crippen molar-refractivity contribution in [3.63, 3.8) is 0 Å². The van der Waals surface area contributed by atoms with Crippen LogP contribution in [-0.4, -0.2) is 46.2 Å². The Morgan fingerprint density at radius 3 is 2.62 bits per heavy atom. The number of Topliss-reactive ketones (excluding diaryl/α,β-unsaturated/α-hetero) is 1. The number of rotatable bonds is 4. The van der Waals surface area contributed by atoms with Crippen LogP contribution in [0.5, 0.6) is 5.75 Å². The molecule has 2 saturated heterocycles. The summed E-state index contributed by atoms with van der Waals surface area (Å²) in [5.41, 5.74) is 1.79. The summed E-state index contributed by atoms with van der Waals surface area (Å²) >= 11 is 5.81. The van der Waals surface area contributed by atoms with E-state index in [2.05, 4.69) is 0 Å². The normalized spacial score (nSPS) is 23.3. The van der Waals surface area contributed by atoms with Gasteiger partial charge in [0, 0.05) is 17.7 Å². The molecule has 8 heteroatoms. The summed E-state index contributed by atoms with van der Waals surface area (Å²) in [6.07, 6.45) is -0.702. The zero-order valence-electron chi connectivity index (χ0n) is 15.7. The molecule has 0 unspecified atom stereocenters. The van der Waals surface area contributed by atoms with Gasteiger partial charge in [-0.2, -0.15) is 5.10 Å². The van der Waals surface area contributed by atoms with Crippen LogP contribution in [0.1, 0.15) is 12.5 Å². The van der Waals surface area contributed by atoms with Crippen molar-refractivity contribution in [2.24, 2.45) is 0 Å². The van der Waals surface area contributed by atoms with Gasteiger partial charge < -0.3 is 14.2 Å². The summed E-state index contributed by atoms with van der Waals surface area (Å²) in [6.45, 7) is 0.360. The van der Waals surface area contributed by atoms with Crippen molar-refractivity contribution in [3.05, 3.63) is 59.4 Å². The Labute approximate surface area is 172 Å². The molecule has 0 amide bonds. The Hall–Kier alpha value is -2.81. The molecule has 5 rings (SSSR count). The molecule has 2 fully saturated rings. The van der Waals surface area contributed by atoms with E-state index in [4.69, 9.17) is 31.5 Å². The van der Waals surface area contributed by atoms with E-state index in [1.807, 2.05) is 59.2 Å². The number of benzene rings is 2. The molecule has 0 spiro atoms. The maximum Gasteiger partial charge on any atom is 0.218 e. The second-order valence-electron chi connectivity index (χ2n) is 7.03. The average molecular weight is 409 g/mol. The Morgan fingerprint density at radius 2 is 1.90 bits per heavy atom. The van der Waals surface area contributed by atoms with Crippen molar-refractivity contribution >= 4 is 18.0 Å². The molecule has 2 bridgehead atoms. The molecule has 1 aromatic heterocycles. The minimum atomic E-state index is -0.748. The van der Waals surface area contributed by atoms with Gasteiger partial charge in [-0.1, -0.05) is 18.2 Å². The fourth-order valence-electron chi connectivity index (χ4n) is 3.80. The monoisotopic (exact) mass is 409 g/mol. The average Bonchev–Trinajstić information content (AvgIpc) is 3.34. The molecule has 148 valence electrons. The van der Waals surface area contributed by atoms with E-state index >= 15 is 0 Å². The molecule has 7 nitrogen and oxygen atoms in total. The minimum absolute atomic E-state index is 0.0779. The molecular formula is C21H19N3O4S. The van der Waals surface area contributed by atoms with E-state index in [1.165, 1.54) is 0 Å². The van der Waals surface area contributed by atoms with Gasteiger partial charge in [0.15, 0.2) is 11.6 Å². The SMILES string of the molecule is COc1ccc(-c2nn([C@@H]3CC(=O)[C@@H]4OC[C@@H]3O4)c(=S)n2-c2ccccc2)cc1. The van der Waals surface area contributed by atoms with Crippen LogP contribution in [0.4, 0.5) is 0 Å². The number of carbonyl (C=O) groups is 1. The third kappa shape index (κ3) is 3.09. The molecule has 0 aliphatic carbocycles. The third-order valence-corrected chi connectivity index (χ3v) is 5.66. The topological polar surface area (TPSA) is 67.5 Å². The Kier molecular flexibility index (Phi) is 4.54. The fourth-order valence-corrected chi connectivity index (χ4v) is 4.17. The highest BCUT2D eigenvalue weighted by Gasteiger charge is 2.45. The van der Waals surface area contributed by atoms with Gasteiger partial charge in [-0.05, 0) is 48.6 Å². The molecule has 3 heterocycles. The quantitative estimate of drug-likeness (QED) is 0.616. The van der Waals surface area contributed by atoms with Crippen LogP contribution >= 0.6 is 12.2 Å². The van der Waals surface area contributed by atoms with Crippen molar-refractivity contribution < 1.29 is 19.0 Å². The van der Waals surface area contributed by atoms with Crippen LogP contribution in [0, 0.1) is 4.77 Å². The lowest BCUT2D eigenvalue weighted by molar-refractivity contribution is -0.156. The number of nitrogens with zero attached hydrogens (tertiary/aromatic N) is 3. The molecule has 2 aliphatic heterocycles. The number of aromatic nitrogens is 3. The summed E-state index contributed by atoms with van der Waals surface area (Å²) < 4.78 is 20.6. The highest BCUT2D eigenvalue weighted by molar-refractivity contribution is 7.71. The highest BCUT2D eigenvalue weighted by atomic mass is 32.1. The second-order valence-corrected chi connectivity index (χ2v) is 7.39. The van der Waals surface area contributed by atoms with Gasteiger partial charge >= 0.3 is 0 Å². The number of hydrogen-bond acceptors (Lipinski definition) is 6. The summed E-state index contributed by atoms with van der Waals surface area (Å²) in [5, 5.41) is 4.83. The van der Waals surface area contributed by atoms with Gasteiger partial charge in [0.1, 0.15) is 11.9 Å². The summed E-state index contributed by atoms with van der Waals surface area (Å²) in [4.78, 5) is 12.3. The molecule has 29 heavy (non-hydrogen) atoms. The van der Waals surface area contributed by atoms with E-state index < -0.39 is 6.29 Å². The predicted molar refractivity (Wildman–Crippen MR) is 108 cm³/mol. The predicted octanol–water partition coefficient (Wildman–Crippen LogP) is 3.33. The molecule has 3 atom stereocenters. The first kappa shape index (κ1) is 18.2. The van der Waals surface area contributed by atoms with Crippen molar-refractivity contribution in [2.75, 3.05) is 13.7 Å². The van der Waals surface area contributed by atoms with Crippen molar-refractivity contribution in [1.82, 2.24) is 14.3 Å². The van der Waals surface area contributed by atoms with Crippen LogP contribution in [0.2, 0.25) is 0 Å². The van der Waals surface area contributed by atoms with Gasteiger partial charge in [0.2, 0.25) is 11.1 Å². The summed E-state index contributed by atoms with van der Waals surface area (Å²) in [5.74, 6) is 1.38. The Balaban J connectivity index is 1.66. The Bertz CT molecular complexity index is 1110. The molecule has 0 saturated carbocycles. The van der Waals surface area contributed by atoms with Crippen LogP contribution in [0.25, 0.3) is 17.1 Å². The molecule has 3 aromatic rings. The van der Waals surface area contributed by atoms with Gasteiger partial charge in [-0.3, -0.25) is 9.36 Å². The van der Waals surface area contributed by atoms with Crippen LogP contribution in [-0.2, 0) is 14.3 Å². The highest BCUT2D eigenvalue weighted by Crippen LogP contribution is 2.34. The first-order valence-corrected chi connectivity index (χ1v) is 9.77. The maximum atomic E-state index is 12.3. The fraction of sp³-hybridized carbons (Fsp3) is 0.286. The van der Waals surface area contributed by atoms with Crippen LogP contribution in [0.3, 0.4) is 0 Å². The van der Waals surface area contributed by atoms with Gasteiger partial charge in [-0.25, -0.2) is 4.68 Å². The standard InChI is InChI=1S/C21H19N3O4S/c1-26-15-9-7-13(8-10-15)19-22-24(16-11-17(25)20-27-12-18(16)28-20)21(29)23(19)14-5-3-2-4-6-14/h2-10,16,18,20H,11-12H2,1H3/t16-,18+,20-/m1/s1. The smallest absolute Gasteiger partial charge is 0.218 e. The molecule has 2 aliphatic rings. The minimum Gasteiger partial charge on any atom is -0.497 e. The molecule has 0 N–H and O–H groups in total. The van der Waals surface area contributed by atoms with E-state index in [0.29, 0.717) is 17.2 Å². The number of ketones is 1. The Morgan fingerprint density at radius 1 is 1.14 bits per heavy atom. The second kappa shape index (κ2) is 7.22. The summed E-state index contributed by atoms with van der Waals surface area (Å²) in [6, 6.07) is 17.2. The number of hydrogen-bond donors (Lipinski definition) is 0. The van der Waals surface area contributed by atoms with Crippen molar-refractivity contribution in [1.29, 1.82) is 0 Å². The summed E-state index contributed by atoms with van der Waals surface area (Å²) in [7, 11) is 1.63. The van der Waals surface area contributed by atoms with Gasteiger partial charge in [0.05, 0.1) is 19.8 Å². The number of carbonyl (C=O) groups excluding carboxylic acids is 1. The van der Waals surface area contributed by atoms with Crippen molar-refractivity contribution in [2.45, 2.75) is 24.9 Å². The number of para-hydroxylation sites is 1. The lowest BCUT2D eigenvalue weighted by Gasteiger charge is -2.26. The molecule has 2 aromatic carbocycles. The maximum absolute atomic E-state index is 12.3. The zero-order valence-corrected chi connectivity index (χ0v) is 16.5. The lowest BCUT2D eigenvalue weighted by atomic mass is 10.0. The number of ether oxygens (including phenoxy) is 3. The number of fused-ring (bicyclic) bond motifs is 2. The molecular weight excluding hydrogens is 390 g/mol. The van der Waals surface area contributed by atoms with E-state index in [0.717, 1.165) is 17.0 Å². The first-order valence-electron chi connectivity index (χ1n) is 9.37. The third-order valence-electron chi connectivity index (χ3n) is 5.29.